The summed E-state index contributed by atoms with van der Waals surface area (Å²) in [6.07, 6.45) is 2.11. The molecule has 1 aromatic carbocycles. The number of methoxy groups -OCH3 is 1. The Labute approximate surface area is 167 Å². The van der Waals surface area contributed by atoms with Gasteiger partial charge in [0.1, 0.15) is 0 Å². The van der Waals surface area contributed by atoms with Crippen molar-refractivity contribution in [3.05, 3.63) is 70.5 Å². The minimum Gasteiger partial charge on any atom is -0.481 e. The number of hydrogen-bond acceptors (Lipinski definition) is 6. The molecule has 0 fully saturated rings. The van der Waals surface area contributed by atoms with E-state index in [1.807, 2.05) is 17.5 Å². The number of nitrogens with zero attached hydrogens (tertiary/aromatic N) is 1. The number of thiophene rings is 1. The molecule has 28 heavy (non-hydrogen) atoms. The summed E-state index contributed by atoms with van der Waals surface area (Å²) in [5, 5.41) is 4.65. The Bertz CT molecular complexity index is 1020. The van der Waals surface area contributed by atoms with Crippen molar-refractivity contribution in [3.8, 4) is 5.88 Å². The lowest BCUT2D eigenvalue weighted by molar-refractivity contribution is 0.102. The van der Waals surface area contributed by atoms with Gasteiger partial charge in [0.2, 0.25) is 15.9 Å². The van der Waals surface area contributed by atoms with Crippen LogP contribution in [0.4, 0.5) is 5.69 Å². The first kappa shape index (κ1) is 20.0. The molecule has 2 N–H and O–H groups in total. The topological polar surface area (TPSA) is 97.4 Å². The Kier molecular flexibility index (Phi) is 6.40. The van der Waals surface area contributed by atoms with Gasteiger partial charge in [0, 0.05) is 23.1 Å². The van der Waals surface area contributed by atoms with Gasteiger partial charge in [0.25, 0.3) is 5.91 Å². The third kappa shape index (κ3) is 5.16. The quantitative estimate of drug-likeness (QED) is 0.587. The number of aromatic nitrogens is 1. The Morgan fingerprint density at radius 3 is 2.54 bits per heavy atom. The summed E-state index contributed by atoms with van der Waals surface area (Å²) < 4.78 is 32.3. The molecular formula is C19H19N3O4S2. The summed E-state index contributed by atoms with van der Waals surface area (Å²) in [5.41, 5.74) is 0.853. The highest BCUT2D eigenvalue weighted by molar-refractivity contribution is 7.89. The molecule has 0 saturated carbocycles. The fourth-order valence-corrected chi connectivity index (χ4v) is 4.15. The van der Waals surface area contributed by atoms with E-state index in [1.165, 1.54) is 37.6 Å². The van der Waals surface area contributed by atoms with Gasteiger partial charge in [-0.3, -0.25) is 4.79 Å². The van der Waals surface area contributed by atoms with Crippen LogP contribution in [0.2, 0.25) is 0 Å². The molecule has 0 aliphatic heterocycles. The van der Waals surface area contributed by atoms with Crippen LogP contribution in [0, 0.1) is 0 Å². The molecule has 0 spiro atoms. The molecule has 2 heterocycles. The van der Waals surface area contributed by atoms with Crippen LogP contribution in [-0.4, -0.2) is 33.0 Å². The van der Waals surface area contributed by atoms with Gasteiger partial charge in [0.05, 0.1) is 23.9 Å². The highest BCUT2D eigenvalue weighted by Crippen LogP contribution is 2.15. The number of nitrogens with one attached hydrogen (secondary N) is 2. The van der Waals surface area contributed by atoms with Crippen LogP contribution in [0.15, 0.2) is 65.0 Å². The van der Waals surface area contributed by atoms with Crippen molar-refractivity contribution in [2.24, 2.45) is 0 Å². The largest absolute Gasteiger partial charge is 0.481 e. The third-order valence-electron chi connectivity index (χ3n) is 3.87. The van der Waals surface area contributed by atoms with Crippen LogP contribution in [0.1, 0.15) is 15.2 Å². The maximum Gasteiger partial charge on any atom is 0.255 e. The number of sulfonamides is 1. The Morgan fingerprint density at radius 1 is 1.14 bits per heavy atom. The van der Waals surface area contributed by atoms with E-state index >= 15 is 0 Å². The number of amides is 1. The second kappa shape index (κ2) is 8.96. The van der Waals surface area contributed by atoms with Gasteiger partial charge in [-0.1, -0.05) is 6.07 Å². The van der Waals surface area contributed by atoms with Gasteiger partial charge < -0.3 is 10.1 Å². The average Bonchev–Trinajstić information content (AvgIpc) is 3.22. The van der Waals surface area contributed by atoms with Crippen molar-refractivity contribution >= 4 is 33.0 Å². The first-order valence-electron chi connectivity index (χ1n) is 8.41. The first-order chi connectivity index (χ1) is 13.5. The number of rotatable bonds is 8. The molecule has 0 radical (unpaired) electrons. The van der Waals surface area contributed by atoms with Crippen LogP contribution < -0.4 is 14.8 Å². The van der Waals surface area contributed by atoms with Crippen molar-refractivity contribution in [2.45, 2.75) is 11.3 Å². The van der Waals surface area contributed by atoms with Crippen LogP contribution in [-0.2, 0) is 16.4 Å². The SMILES string of the molecule is COc1ccc(NC(=O)c2ccc(S(=O)(=O)NCCc3cccs3)cc2)cn1. The lowest BCUT2D eigenvalue weighted by atomic mass is 10.2. The summed E-state index contributed by atoms with van der Waals surface area (Å²) in [7, 11) is -2.12. The van der Waals surface area contributed by atoms with Crippen molar-refractivity contribution < 1.29 is 17.9 Å². The van der Waals surface area contributed by atoms with E-state index < -0.39 is 10.0 Å². The first-order valence-corrected chi connectivity index (χ1v) is 10.8. The predicted octanol–water partition coefficient (Wildman–Crippen LogP) is 2.93. The zero-order valence-electron chi connectivity index (χ0n) is 15.1. The predicted molar refractivity (Wildman–Crippen MR) is 108 cm³/mol. The maximum atomic E-state index is 12.4. The molecule has 0 unspecified atom stereocenters. The zero-order chi connectivity index (χ0) is 20.0. The number of anilines is 1. The minimum atomic E-state index is -3.62. The molecule has 0 aliphatic carbocycles. The average molecular weight is 418 g/mol. The summed E-state index contributed by atoms with van der Waals surface area (Å²) in [4.78, 5) is 17.5. The lowest BCUT2D eigenvalue weighted by Gasteiger charge is -2.08. The molecule has 3 aromatic rings. The highest BCUT2D eigenvalue weighted by Gasteiger charge is 2.15. The number of hydrogen-bond donors (Lipinski definition) is 2. The van der Waals surface area contributed by atoms with Crippen molar-refractivity contribution in [1.82, 2.24) is 9.71 Å². The monoisotopic (exact) mass is 417 g/mol. The van der Waals surface area contributed by atoms with E-state index in [1.54, 1.807) is 23.5 Å². The molecule has 2 aromatic heterocycles. The van der Waals surface area contributed by atoms with Crippen molar-refractivity contribution in [2.75, 3.05) is 19.0 Å². The van der Waals surface area contributed by atoms with Gasteiger partial charge in [-0.25, -0.2) is 18.1 Å². The van der Waals surface area contributed by atoms with Gasteiger partial charge >= 0.3 is 0 Å². The molecule has 0 atom stereocenters. The van der Waals surface area contributed by atoms with Gasteiger partial charge in [-0.15, -0.1) is 11.3 Å². The number of ether oxygens (including phenoxy) is 1. The van der Waals surface area contributed by atoms with E-state index in [9.17, 15) is 13.2 Å². The summed E-state index contributed by atoms with van der Waals surface area (Å²) in [5.74, 6) is 0.0840. The van der Waals surface area contributed by atoms with Gasteiger partial charge in [-0.05, 0) is 48.2 Å². The second-order valence-electron chi connectivity index (χ2n) is 5.79. The van der Waals surface area contributed by atoms with Gasteiger partial charge in [0.15, 0.2) is 0 Å². The van der Waals surface area contributed by atoms with Crippen molar-refractivity contribution in [3.63, 3.8) is 0 Å². The smallest absolute Gasteiger partial charge is 0.255 e. The van der Waals surface area contributed by atoms with Crippen molar-refractivity contribution in [1.29, 1.82) is 0 Å². The summed E-state index contributed by atoms with van der Waals surface area (Å²) in [6, 6.07) is 13.0. The fraction of sp³-hybridized carbons (Fsp3) is 0.158. The number of carbonyl (C=O) groups is 1. The van der Waals surface area contributed by atoms with E-state index in [0.29, 0.717) is 30.1 Å². The van der Waals surface area contributed by atoms with E-state index in [4.69, 9.17) is 4.74 Å². The minimum absolute atomic E-state index is 0.112. The molecule has 1 amide bonds. The Balaban J connectivity index is 1.60. The molecule has 3 rings (SSSR count). The summed E-state index contributed by atoms with van der Waals surface area (Å²) in [6.45, 7) is 0.315. The molecule has 7 nitrogen and oxygen atoms in total. The fourth-order valence-electron chi connectivity index (χ4n) is 2.41. The molecular weight excluding hydrogens is 398 g/mol. The Morgan fingerprint density at radius 2 is 1.93 bits per heavy atom. The van der Waals surface area contributed by atoms with Crippen LogP contribution >= 0.6 is 11.3 Å². The number of pyridine rings is 1. The molecule has 0 bridgehead atoms. The van der Waals surface area contributed by atoms with E-state index in [2.05, 4.69) is 15.0 Å². The summed E-state index contributed by atoms with van der Waals surface area (Å²) >= 11 is 1.59. The molecule has 0 saturated heterocycles. The molecule has 9 heteroatoms. The standard InChI is InChI=1S/C19H19N3O4S2/c1-26-18-9-6-15(13-20-18)22-19(23)14-4-7-17(8-5-14)28(24,25)21-11-10-16-3-2-12-27-16/h2-9,12-13,21H,10-11H2,1H3,(H,22,23). The number of carbonyl (C=O) groups excluding carboxylic acids is 1. The number of benzene rings is 1. The van der Waals surface area contributed by atoms with Crippen LogP contribution in [0.25, 0.3) is 0 Å². The normalized spacial score (nSPS) is 11.2. The van der Waals surface area contributed by atoms with Crippen LogP contribution in [0.5, 0.6) is 5.88 Å². The maximum absolute atomic E-state index is 12.4. The highest BCUT2D eigenvalue weighted by atomic mass is 32.2. The molecule has 146 valence electrons. The Hall–Kier alpha value is -2.75. The van der Waals surface area contributed by atoms with Gasteiger partial charge in [-0.2, -0.15) is 0 Å². The zero-order valence-corrected chi connectivity index (χ0v) is 16.7. The van der Waals surface area contributed by atoms with E-state index in [-0.39, 0.29) is 10.8 Å². The third-order valence-corrected chi connectivity index (χ3v) is 6.29. The van der Waals surface area contributed by atoms with E-state index in [0.717, 1.165) is 4.88 Å². The second-order valence-corrected chi connectivity index (χ2v) is 8.59. The lowest BCUT2D eigenvalue weighted by Crippen LogP contribution is -2.26. The van der Waals surface area contributed by atoms with Crippen LogP contribution in [0.3, 0.4) is 0 Å². The molecule has 0 aliphatic rings.